The molecule has 0 fully saturated rings. The fourth-order valence-electron chi connectivity index (χ4n) is 2.64. The summed E-state index contributed by atoms with van der Waals surface area (Å²) in [6, 6.07) is 3.92. The molecule has 1 aromatic rings. The molecule has 0 aliphatic carbocycles. The summed E-state index contributed by atoms with van der Waals surface area (Å²) < 4.78 is 17.5. The minimum Gasteiger partial charge on any atom is -0.486 e. The van der Waals surface area contributed by atoms with Crippen molar-refractivity contribution in [1.82, 2.24) is 0 Å². The Hall–Kier alpha value is -0.870. The van der Waals surface area contributed by atoms with Gasteiger partial charge in [0.2, 0.25) is 0 Å². The second kappa shape index (κ2) is 4.57. The van der Waals surface area contributed by atoms with Gasteiger partial charge in [-0.05, 0) is 32.9 Å². The van der Waals surface area contributed by atoms with Gasteiger partial charge in [0.1, 0.15) is 23.4 Å². The number of hydrogen-bond acceptors (Lipinski definition) is 3. The average molecular weight is 360 g/mol. The molecule has 0 spiro atoms. The molecular formula is C15H16BrClO3. The van der Waals surface area contributed by atoms with E-state index < -0.39 is 5.79 Å². The van der Waals surface area contributed by atoms with Crippen LogP contribution in [0.25, 0.3) is 0 Å². The SMILES string of the molecule is CC1=COC(CBr)(c2cc(Cl)c3c(c2)CC(C)(C)O3)O1. The van der Waals surface area contributed by atoms with Crippen LogP contribution in [0.1, 0.15) is 31.9 Å². The number of allylic oxidation sites excluding steroid dienone is 1. The summed E-state index contributed by atoms with van der Waals surface area (Å²) in [5.41, 5.74) is 1.76. The van der Waals surface area contributed by atoms with E-state index in [9.17, 15) is 0 Å². The molecule has 0 saturated carbocycles. The van der Waals surface area contributed by atoms with Crippen molar-refractivity contribution < 1.29 is 14.2 Å². The molecular weight excluding hydrogens is 344 g/mol. The summed E-state index contributed by atoms with van der Waals surface area (Å²) in [6.07, 6.45) is 2.45. The first-order valence-corrected chi connectivity index (χ1v) is 7.97. The fraction of sp³-hybridized carbons (Fsp3) is 0.467. The average Bonchev–Trinajstić information content (AvgIpc) is 2.89. The molecule has 2 aliphatic rings. The van der Waals surface area contributed by atoms with Crippen LogP contribution < -0.4 is 4.74 Å². The van der Waals surface area contributed by atoms with E-state index in [2.05, 4.69) is 35.8 Å². The molecule has 20 heavy (non-hydrogen) atoms. The molecule has 0 aromatic heterocycles. The Balaban J connectivity index is 2.03. The third-order valence-corrected chi connectivity index (χ3v) is 4.49. The Morgan fingerprint density at radius 3 is 2.65 bits per heavy atom. The molecule has 3 rings (SSSR count). The first-order valence-electron chi connectivity index (χ1n) is 6.47. The van der Waals surface area contributed by atoms with Crippen LogP contribution >= 0.6 is 27.5 Å². The van der Waals surface area contributed by atoms with E-state index in [0.29, 0.717) is 10.4 Å². The topological polar surface area (TPSA) is 27.7 Å². The number of rotatable bonds is 2. The standard InChI is InChI=1S/C15H16BrClO3/c1-9-7-18-15(8-16,19-9)11-4-10-6-14(2,3)20-13(10)12(17)5-11/h4-5,7H,6,8H2,1-3H3. The van der Waals surface area contributed by atoms with Crippen LogP contribution in [-0.2, 0) is 21.7 Å². The highest BCUT2D eigenvalue weighted by atomic mass is 79.9. The number of benzene rings is 1. The van der Waals surface area contributed by atoms with Gasteiger partial charge in [0, 0.05) is 17.5 Å². The minimum absolute atomic E-state index is 0.224. The smallest absolute Gasteiger partial charge is 0.286 e. The first-order chi connectivity index (χ1) is 9.35. The van der Waals surface area contributed by atoms with Crippen LogP contribution in [0.5, 0.6) is 5.75 Å². The van der Waals surface area contributed by atoms with Gasteiger partial charge < -0.3 is 14.2 Å². The van der Waals surface area contributed by atoms with E-state index in [1.54, 1.807) is 6.26 Å². The molecule has 1 atom stereocenters. The first kappa shape index (κ1) is 14.1. The molecule has 1 unspecified atom stereocenters. The normalized spacial score (nSPS) is 26.4. The monoisotopic (exact) mass is 358 g/mol. The Labute approximate surface area is 132 Å². The van der Waals surface area contributed by atoms with Crippen LogP contribution in [-0.4, -0.2) is 10.9 Å². The predicted octanol–water partition coefficient (Wildman–Crippen LogP) is 4.51. The van der Waals surface area contributed by atoms with Gasteiger partial charge in [0.05, 0.1) is 10.4 Å². The summed E-state index contributed by atoms with van der Waals surface area (Å²) in [7, 11) is 0. The lowest BCUT2D eigenvalue weighted by Crippen LogP contribution is -2.29. The summed E-state index contributed by atoms with van der Waals surface area (Å²) >= 11 is 9.83. The van der Waals surface area contributed by atoms with Gasteiger partial charge in [-0.2, -0.15) is 0 Å². The van der Waals surface area contributed by atoms with Crippen molar-refractivity contribution in [3.8, 4) is 5.75 Å². The van der Waals surface area contributed by atoms with Crippen molar-refractivity contribution in [3.05, 3.63) is 40.3 Å². The summed E-state index contributed by atoms with van der Waals surface area (Å²) in [5.74, 6) is 0.681. The molecule has 0 radical (unpaired) electrons. The lowest BCUT2D eigenvalue weighted by molar-refractivity contribution is -0.134. The van der Waals surface area contributed by atoms with Gasteiger partial charge in [-0.15, -0.1) is 0 Å². The van der Waals surface area contributed by atoms with Gasteiger partial charge in [-0.3, -0.25) is 0 Å². The van der Waals surface area contributed by atoms with Crippen LogP contribution in [0.15, 0.2) is 24.2 Å². The summed E-state index contributed by atoms with van der Waals surface area (Å²) in [5, 5.41) is 1.12. The second-order valence-corrected chi connectivity index (χ2v) is 6.79. The lowest BCUT2D eigenvalue weighted by Gasteiger charge is -2.27. The maximum atomic E-state index is 6.37. The third kappa shape index (κ3) is 2.19. The van der Waals surface area contributed by atoms with Crippen LogP contribution in [0, 0.1) is 0 Å². The van der Waals surface area contributed by atoms with Crippen molar-refractivity contribution in [1.29, 1.82) is 0 Å². The molecule has 0 amide bonds. The highest BCUT2D eigenvalue weighted by Crippen LogP contribution is 2.45. The van der Waals surface area contributed by atoms with E-state index >= 15 is 0 Å². The van der Waals surface area contributed by atoms with Gasteiger partial charge >= 0.3 is 0 Å². The van der Waals surface area contributed by atoms with E-state index in [0.717, 1.165) is 29.1 Å². The van der Waals surface area contributed by atoms with Crippen molar-refractivity contribution in [2.24, 2.45) is 0 Å². The number of fused-ring (bicyclic) bond motifs is 1. The van der Waals surface area contributed by atoms with Gasteiger partial charge in [0.25, 0.3) is 5.79 Å². The number of ether oxygens (including phenoxy) is 3. The quantitative estimate of drug-likeness (QED) is 0.727. The summed E-state index contributed by atoms with van der Waals surface area (Å²) in [6.45, 7) is 5.97. The third-order valence-electron chi connectivity index (χ3n) is 3.47. The van der Waals surface area contributed by atoms with E-state index in [-0.39, 0.29) is 5.60 Å². The van der Waals surface area contributed by atoms with E-state index in [4.69, 9.17) is 25.8 Å². The summed E-state index contributed by atoms with van der Waals surface area (Å²) in [4.78, 5) is 0. The molecule has 5 heteroatoms. The Kier molecular flexibility index (Phi) is 3.22. The fourth-order valence-corrected chi connectivity index (χ4v) is 3.48. The maximum Gasteiger partial charge on any atom is 0.286 e. The van der Waals surface area contributed by atoms with Gasteiger partial charge in [-0.25, -0.2) is 0 Å². The second-order valence-electron chi connectivity index (χ2n) is 5.82. The Morgan fingerprint density at radius 1 is 1.30 bits per heavy atom. The molecule has 2 heterocycles. The largest absolute Gasteiger partial charge is 0.486 e. The minimum atomic E-state index is -0.838. The van der Waals surface area contributed by atoms with E-state index in [1.807, 2.05) is 13.0 Å². The highest BCUT2D eigenvalue weighted by molar-refractivity contribution is 9.09. The molecule has 108 valence electrons. The van der Waals surface area contributed by atoms with Gasteiger partial charge in [0.15, 0.2) is 0 Å². The zero-order valence-electron chi connectivity index (χ0n) is 11.6. The van der Waals surface area contributed by atoms with Crippen LogP contribution in [0.4, 0.5) is 0 Å². The molecule has 3 nitrogen and oxygen atoms in total. The molecule has 0 saturated heterocycles. The molecule has 1 aromatic carbocycles. The zero-order chi connectivity index (χ0) is 14.5. The van der Waals surface area contributed by atoms with E-state index in [1.165, 1.54) is 0 Å². The lowest BCUT2D eigenvalue weighted by atomic mass is 9.98. The molecule has 2 aliphatic heterocycles. The number of halogens is 2. The molecule has 0 bridgehead atoms. The highest BCUT2D eigenvalue weighted by Gasteiger charge is 2.41. The maximum absolute atomic E-state index is 6.37. The Morgan fingerprint density at radius 2 is 2.05 bits per heavy atom. The number of hydrogen-bond donors (Lipinski definition) is 0. The van der Waals surface area contributed by atoms with Crippen LogP contribution in [0.2, 0.25) is 5.02 Å². The van der Waals surface area contributed by atoms with Crippen molar-refractivity contribution in [3.63, 3.8) is 0 Å². The zero-order valence-corrected chi connectivity index (χ0v) is 14.0. The molecule has 0 N–H and O–H groups in total. The van der Waals surface area contributed by atoms with Crippen molar-refractivity contribution >= 4 is 27.5 Å². The van der Waals surface area contributed by atoms with Crippen molar-refractivity contribution in [2.75, 3.05) is 5.33 Å². The predicted molar refractivity (Wildman–Crippen MR) is 81.3 cm³/mol. The van der Waals surface area contributed by atoms with Crippen LogP contribution in [0.3, 0.4) is 0 Å². The Bertz CT molecular complexity index is 597. The van der Waals surface area contributed by atoms with Crippen molar-refractivity contribution in [2.45, 2.75) is 38.6 Å². The van der Waals surface area contributed by atoms with Gasteiger partial charge in [-0.1, -0.05) is 27.5 Å². The number of alkyl halides is 1.